The van der Waals surface area contributed by atoms with Crippen molar-refractivity contribution in [1.29, 1.82) is 0 Å². The molecule has 140 valence electrons. The lowest BCUT2D eigenvalue weighted by atomic mass is 10.1. The molecule has 2 aliphatic rings. The number of aryl methyl sites for hydroxylation is 3. The molecule has 0 atom stereocenters. The van der Waals surface area contributed by atoms with E-state index in [0.717, 1.165) is 56.4 Å². The lowest BCUT2D eigenvalue weighted by Crippen LogP contribution is -2.47. The number of methoxy groups -OCH3 is 1. The zero-order chi connectivity index (χ0) is 17.9. The van der Waals surface area contributed by atoms with Gasteiger partial charge in [-0.1, -0.05) is 0 Å². The highest BCUT2D eigenvalue weighted by molar-refractivity contribution is 5.84. The predicted octanol–water partition coefficient (Wildman–Crippen LogP) is 2.98. The number of aromatic nitrogens is 2. The third-order valence-electron chi connectivity index (χ3n) is 5.82. The molecule has 0 amide bonds. The first-order chi connectivity index (χ1) is 12.7. The van der Waals surface area contributed by atoms with Gasteiger partial charge in [0.1, 0.15) is 0 Å². The summed E-state index contributed by atoms with van der Waals surface area (Å²) in [5.41, 5.74) is 5.22. The van der Waals surface area contributed by atoms with Crippen molar-refractivity contribution in [2.75, 3.05) is 51.3 Å². The van der Waals surface area contributed by atoms with Crippen LogP contribution in [0.3, 0.4) is 0 Å². The molecule has 0 saturated carbocycles. The maximum Gasteiger partial charge on any atom is 0.226 e. The van der Waals surface area contributed by atoms with Gasteiger partial charge in [0.05, 0.1) is 11.2 Å². The highest BCUT2D eigenvalue weighted by Gasteiger charge is 2.20. The molecule has 1 fully saturated rings. The molecular weight excluding hydrogens is 324 g/mol. The van der Waals surface area contributed by atoms with E-state index in [-0.39, 0.29) is 0 Å². The lowest BCUT2D eigenvalue weighted by Gasteiger charge is -2.35. The maximum absolute atomic E-state index is 5.14. The van der Waals surface area contributed by atoms with E-state index < -0.39 is 0 Å². The molecule has 26 heavy (non-hydrogen) atoms. The molecule has 4 rings (SSSR count). The molecule has 0 unspecified atom stereocenters. The second kappa shape index (κ2) is 7.89. The summed E-state index contributed by atoms with van der Waals surface area (Å²) >= 11 is 0. The van der Waals surface area contributed by atoms with E-state index in [1.165, 1.54) is 48.7 Å². The summed E-state index contributed by atoms with van der Waals surface area (Å²) in [4.78, 5) is 14.7. The van der Waals surface area contributed by atoms with E-state index in [1.807, 2.05) is 0 Å². The summed E-state index contributed by atoms with van der Waals surface area (Å²) < 4.78 is 5.14. The molecule has 0 radical (unpaired) electrons. The second-order valence-electron chi connectivity index (χ2n) is 7.63. The fraction of sp³-hybridized carbons (Fsp3) is 0.619. The Morgan fingerprint density at radius 2 is 1.77 bits per heavy atom. The summed E-state index contributed by atoms with van der Waals surface area (Å²) in [6.07, 6.45) is 6.04. The van der Waals surface area contributed by atoms with Crippen LogP contribution in [0.1, 0.15) is 36.1 Å². The van der Waals surface area contributed by atoms with Gasteiger partial charge in [0.2, 0.25) is 5.95 Å². The number of nitrogens with zero attached hydrogens (tertiary/aromatic N) is 4. The highest BCUT2D eigenvalue weighted by Crippen LogP contribution is 2.29. The maximum atomic E-state index is 5.14. The quantitative estimate of drug-likeness (QED) is 0.746. The number of anilines is 1. The van der Waals surface area contributed by atoms with Crippen LogP contribution in [-0.4, -0.2) is 61.3 Å². The molecule has 5 heteroatoms. The van der Waals surface area contributed by atoms with Crippen LogP contribution in [-0.2, 0) is 17.6 Å². The van der Waals surface area contributed by atoms with Crippen molar-refractivity contribution in [3.8, 4) is 0 Å². The standard InChI is InChI=1S/C21H30N4O/c1-16-19-14-17-6-5-7-18(17)15-20(19)23-21(22-16)25-11-9-24(10-12-25)8-3-4-13-26-2/h14-15H,3-13H2,1-2H3. The summed E-state index contributed by atoms with van der Waals surface area (Å²) in [7, 11) is 1.78. The van der Waals surface area contributed by atoms with Crippen LogP contribution >= 0.6 is 0 Å². The zero-order valence-corrected chi connectivity index (χ0v) is 16.1. The number of hydrogen-bond donors (Lipinski definition) is 0. The molecule has 2 heterocycles. The third-order valence-corrected chi connectivity index (χ3v) is 5.82. The van der Waals surface area contributed by atoms with Crippen molar-refractivity contribution >= 4 is 16.9 Å². The Bertz CT molecular complexity index is 768. The van der Waals surface area contributed by atoms with Crippen molar-refractivity contribution in [2.24, 2.45) is 0 Å². The number of benzene rings is 1. The molecule has 2 aromatic rings. The van der Waals surface area contributed by atoms with Crippen LogP contribution in [0.15, 0.2) is 12.1 Å². The third kappa shape index (κ3) is 3.69. The zero-order valence-electron chi connectivity index (χ0n) is 16.1. The van der Waals surface area contributed by atoms with E-state index >= 15 is 0 Å². The van der Waals surface area contributed by atoms with Gasteiger partial charge in [-0.15, -0.1) is 0 Å². The lowest BCUT2D eigenvalue weighted by molar-refractivity contribution is 0.182. The second-order valence-corrected chi connectivity index (χ2v) is 7.63. The first-order valence-electron chi connectivity index (χ1n) is 10.0. The van der Waals surface area contributed by atoms with Crippen molar-refractivity contribution in [3.63, 3.8) is 0 Å². The van der Waals surface area contributed by atoms with Gasteiger partial charge in [-0.2, -0.15) is 0 Å². The molecule has 0 spiro atoms. The summed E-state index contributed by atoms with van der Waals surface area (Å²) in [6, 6.07) is 4.64. The van der Waals surface area contributed by atoms with Gasteiger partial charge in [-0.25, -0.2) is 9.97 Å². The van der Waals surface area contributed by atoms with Crippen molar-refractivity contribution in [2.45, 2.75) is 39.0 Å². The van der Waals surface area contributed by atoms with Gasteiger partial charge in [0, 0.05) is 45.3 Å². The van der Waals surface area contributed by atoms with Gasteiger partial charge < -0.3 is 9.64 Å². The number of rotatable bonds is 6. The smallest absolute Gasteiger partial charge is 0.226 e. The molecular formula is C21H30N4O. The van der Waals surface area contributed by atoms with Crippen LogP contribution < -0.4 is 4.90 Å². The molecule has 0 N–H and O–H groups in total. The van der Waals surface area contributed by atoms with Crippen molar-refractivity contribution in [1.82, 2.24) is 14.9 Å². The SMILES string of the molecule is COCCCCN1CCN(c2nc(C)c3cc4c(cc3n2)CCC4)CC1. The van der Waals surface area contributed by atoms with E-state index in [2.05, 4.69) is 28.9 Å². The molecule has 1 aliphatic carbocycles. The van der Waals surface area contributed by atoms with E-state index in [4.69, 9.17) is 14.7 Å². The minimum absolute atomic E-state index is 0.869. The molecule has 1 saturated heterocycles. The number of fused-ring (bicyclic) bond motifs is 2. The number of piperazine rings is 1. The average molecular weight is 354 g/mol. The molecule has 5 nitrogen and oxygen atoms in total. The average Bonchev–Trinajstić information content (AvgIpc) is 3.12. The fourth-order valence-corrected chi connectivity index (χ4v) is 4.23. The van der Waals surface area contributed by atoms with Crippen molar-refractivity contribution < 1.29 is 4.74 Å². The summed E-state index contributed by atoms with van der Waals surface area (Å²) in [5.74, 6) is 0.909. The molecule has 1 aromatic heterocycles. The van der Waals surface area contributed by atoms with Gasteiger partial charge in [0.25, 0.3) is 0 Å². The topological polar surface area (TPSA) is 41.5 Å². The van der Waals surface area contributed by atoms with Crippen molar-refractivity contribution in [3.05, 3.63) is 29.0 Å². The summed E-state index contributed by atoms with van der Waals surface area (Å²) in [5, 5.41) is 1.23. The molecule has 1 aromatic carbocycles. The van der Waals surface area contributed by atoms with Crippen LogP contribution in [0.2, 0.25) is 0 Å². The number of hydrogen-bond acceptors (Lipinski definition) is 5. The summed E-state index contributed by atoms with van der Waals surface area (Å²) in [6.45, 7) is 8.38. The van der Waals surface area contributed by atoms with Crippen LogP contribution in [0.25, 0.3) is 10.9 Å². The van der Waals surface area contributed by atoms with Gasteiger partial charge >= 0.3 is 0 Å². The molecule has 0 bridgehead atoms. The first kappa shape index (κ1) is 17.7. The van der Waals surface area contributed by atoms with Gasteiger partial charge in [-0.05, 0) is 68.8 Å². The minimum atomic E-state index is 0.869. The Hall–Kier alpha value is -1.72. The monoisotopic (exact) mass is 354 g/mol. The van der Waals surface area contributed by atoms with E-state index in [1.54, 1.807) is 7.11 Å². The number of unbranched alkanes of at least 4 members (excludes halogenated alkanes) is 1. The van der Waals surface area contributed by atoms with Crippen LogP contribution in [0.4, 0.5) is 5.95 Å². The predicted molar refractivity (Wildman–Crippen MR) is 106 cm³/mol. The van der Waals surface area contributed by atoms with Gasteiger partial charge in [0.15, 0.2) is 0 Å². The Morgan fingerprint density at radius 3 is 2.54 bits per heavy atom. The fourth-order valence-electron chi connectivity index (χ4n) is 4.23. The Kier molecular flexibility index (Phi) is 5.36. The largest absolute Gasteiger partial charge is 0.385 e. The Morgan fingerprint density at radius 1 is 1.00 bits per heavy atom. The highest BCUT2D eigenvalue weighted by atomic mass is 16.5. The van der Waals surface area contributed by atoms with Crippen LogP contribution in [0.5, 0.6) is 0 Å². The first-order valence-corrected chi connectivity index (χ1v) is 10.0. The van der Waals surface area contributed by atoms with Crippen LogP contribution in [0, 0.1) is 6.92 Å². The Labute approximate surface area is 156 Å². The minimum Gasteiger partial charge on any atom is -0.385 e. The normalized spacial score (nSPS) is 17.8. The Balaban J connectivity index is 1.44. The van der Waals surface area contributed by atoms with E-state index in [9.17, 15) is 0 Å². The number of ether oxygens (including phenoxy) is 1. The van der Waals surface area contributed by atoms with Gasteiger partial charge in [-0.3, -0.25) is 4.90 Å². The molecule has 1 aliphatic heterocycles. The van der Waals surface area contributed by atoms with E-state index in [0.29, 0.717) is 0 Å².